The third kappa shape index (κ3) is 4.37. The van der Waals surface area contributed by atoms with Crippen molar-refractivity contribution in [2.45, 2.75) is 45.3 Å². The van der Waals surface area contributed by atoms with Gasteiger partial charge in [0.15, 0.2) is 5.16 Å². The van der Waals surface area contributed by atoms with E-state index in [4.69, 9.17) is 0 Å². The number of nitrogens with one attached hydrogen (secondary N) is 2. The van der Waals surface area contributed by atoms with E-state index in [0.717, 1.165) is 29.8 Å². The van der Waals surface area contributed by atoms with Crippen LogP contribution < -0.4 is 10.6 Å². The smallest absolute Gasteiger partial charge is 0.191 e. The van der Waals surface area contributed by atoms with Crippen LogP contribution in [-0.2, 0) is 0 Å². The van der Waals surface area contributed by atoms with Gasteiger partial charge in [-0.15, -0.1) is 0 Å². The van der Waals surface area contributed by atoms with E-state index in [1.165, 1.54) is 0 Å². The zero-order valence-electron chi connectivity index (χ0n) is 11.9. The molecule has 1 rings (SSSR count). The van der Waals surface area contributed by atoms with Crippen molar-refractivity contribution in [1.29, 1.82) is 0 Å². The van der Waals surface area contributed by atoms with Gasteiger partial charge in [0.1, 0.15) is 11.6 Å². The van der Waals surface area contributed by atoms with Crippen LogP contribution in [0.3, 0.4) is 0 Å². The Bertz CT molecular complexity index is 370. The van der Waals surface area contributed by atoms with Gasteiger partial charge in [-0.1, -0.05) is 32.0 Å². The number of thioether (sulfide) groups is 1. The van der Waals surface area contributed by atoms with Gasteiger partial charge in [-0.25, -0.2) is 9.97 Å². The number of rotatable bonds is 7. The van der Waals surface area contributed by atoms with Crippen LogP contribution in [-0.4, -0.2) is 28.8 Å². The first-order valence-corrected chi connectivity index (χ1v) is 7.76. The molecule has 2 N–H and O–H groups in total. The van der Waals surface area contributed by atoms with E-state index in [2.05, 4.69) is 48.3 Å². The van der Waals surface area contributed by atoms with Crippen molar-refractivity contribution in [1.82, 2.24) is 9.97 Å². The molecule has 0 fully saturated rings. The number of aromatic nitrogens is 2. The minimum absolute atomic E-state index is 0.411. The lowest BCUT2D eigenvalue weighted by Crippen LogP contribution is -2.24. The van der Waals surface area contributed by atoms with Crippen molar-refractivity contribution in [3.05, 3.63) is 6.07 Å². The minimum Gasteiger partial charge on any atom is -0.370 e. The Balaban J connectivity index is 2.83. The summed E-state index contributed by atoms with van der Waals surface area (Å²) >= 11 is 1.56. The summed E-state index contributed by atoms with van der Waals surface area (Å²) in [6, 6.07) is 2.39. The molecule has 1 heterocycles. The SMILES string of the molecule is CCNc1cc(NC(C)C(C)CC)nc(SC)n1. The summed E-state index contributed by atoms with van der Waals surface area (Å²) in [4.78, 5) is 8.91. The molecular weight excluding hydrogens is 244 g/mol. The zero-order valence-corrected chi connectivity index (χ0v) is 12.8. The van der Waals surface area contributed by atoms with Gasteiger partial charge in [-0.05, 0) is 26.0 Å². The van der Waals surface area contributed by atoms with Gasteiger partial charge in [-0.3, -0.25) is 0 Å². The van der Waals surface area contributed by atoms with Crippen molar-refractivity contribution in [3.8, 4) is 0 Å². The average Bonchev–Trinajstić information content (AvgIpc) is 2.37. The first-order valence-electron chi connectivity index (χ1n) is 6.54. The molecule has 0 bridgehead atoms. The van der Waals surface area contributed by atoms with Crippen molar-refractivity contribution >= 4 is 23.4 Å². The molecule has 0 radical (unpaired) electrons. The monoisotopic (exact) mass is 268 g/mol. The molecule has 102 valence electrons. The standard InChI is InChI=1S/C13H24N4S/c1-6-9(3)10(4)15-12-8-11(14-7-2)16-13(17-12)18-5/h8-10H,6-7H2,1-5H3,(H2,14,15,16,17). The third-order valence-electron chi connectivity index (χ3n) is 3.12. The van der Waals surface area contributed by atoms with E-state index in [1.807, 2.05) is 12.3 Å². The molecule has 2 atom stereocenters. The molecule has 5 heteroatoms. The van der Waals surface area contributed by atoms with E-state index >= 15 is 0 Å². The quantitative estimate of drug-likeness (QED) is 0.586. The normalized spacial score (nSPS) is 14.1. The highest BCUT2D eigenvalue weighted by atomic mass is 32.2. The summed E-state index contributed by atoms with van der Waals surface area (Å²) in [5.41, 5.74) is 0. The molecule has 0 aromatic carbocycles. The number of nitrogens with zero attached hydrogens (tertiary/aromatic N) is 2. The van der Waals surface area contributed by atoms with Gasteiger partial charge in [0.05, 0.1) is 0 Å². The Labute approximate surface area is 114 Å². The lowest BCUT2D eigenvalue weighted by Gasteiger charge is -2.21. The maximum Gasteiger partial charge on any atom is 0.191 e. The van der Waals surface area contributed by atoms with E-state index in [0.29, 0.717) is 12.0 Å². The van der Waals surface area contributed by atoms with Crippen LogP contribution in [0.25, 0.3) is 0 Å². The molecule has 0 saturated carbocycles. The van der Waals surface area contributed by atoms with Gasteiger partial charge in [0.2, 0.25) is 0 Å². The summed E-state index contributed by atoms with van der Waals surface area (Å²) in [6.45, 7) is 9.59. The van der Waals surface area contributed by atoms with E-state index in [1.54, 1.807) is 11.8 Å². The number of hydrogen-bond donors (Lipinski definition) is 2. The molecule has 0 spiro atoms. The highest BCUT2D eigenvalue weighted by Crippen LogP contribution is 2.19. The summed E-state index contributed by atoms with van der Waals surface area (Å²) in [5, 5.41) is 7.49. The Morgan fingerprint density at radius 3 is 2.44 bits per heavy atom. The second kappa shape index (κ2) is 7.46. The van der Waals surface area contributed by atoms with E-state index < -0.39 is 0 Å². The predicted molar refractivity (Wildman–Crippen MR) is 80.5 cm³/mol. The second-order valence-electron chi connectivity index (χ2n) is 4.47. The average molecular weight is 268 g/mol. The van der Waals surface area contributed by atoms with Crippen molar-refractivity contribution in [2.75, 3.05) is 23.4 Å². The van der Waals surface area contributed by atoms with Crippen molar-refractivity contribution in [3.63, 3.8) is 0 Å². The summed E-state index contributed by atoms with van der Waals surface area (Å²) in [7, 11) is 0. The second-order valence-corrected chi connectivity index (χ2v) is 5.25. The summed E-state index contributed by atoms with van der Waals surface area (Å²) < 4.78 is 0. The largest absolute Gasteiger partial charge is 0.370 e. The molecule has 2 unspecified atom stereocenters. The van der Waals surface area contributed by atoms with Crippen LogP contribution in [0.5, 0.6) is 0 Å². The molecule has 0 aliphatic carbocycles. The molecule has 18 heavy (non-hydrogen) atoms. The highest BCUT2D eigenvalue weighted by molar-refractivity contribution is 7.98. The predicted octanol–water partition coefficient (Wildman–Crippen LogP) is 3.48. The van der Waals surface area contributed by atoms with Gasteiger partial charge >= 0.3 is 0 Å². The maximum atomic E-state index is 4.49. The van der Waals surface area contributed by atoms with Gasteiger partial charge < -0.3 is 10.6 Å². The Hall–Kier alpha value is -0.970. The fourth-order valence-corrected chi connectivity index (χ4v) is 1.97. The van der Waals surface area contributed by atoms with Crippen LogP contribution in [0.15, 0.2) is 11.2 Å². The van der Waals surface area contributed by atoms with Gasteiger partial charge in [-0.2, -0.15) is 0 Å². The van der Waals surface area contributed by atoms with E-state index in [9.17, 15) is 0 Å². The van der Waals surface area contributed by atoms with Gasteiger partial charge in [0, 0.05) is 18.7 Å². The summed E-state index contributed by atoms with van der Waals surface area (Å²) in [6.07, 6.45) is 3.15. The molecule has 0 amide bonds. The van der Waals surface area contributed by atoms with E-state index in [-0.39, 0.29) is 0 Å². The molecule has 1 aromatic rings. The molecule has 0 aliphatic rings. The van der Waals surface area contributed by atoms with Crippen LogP contribution >= 0.6 is 11.8 Å². The fraction of sp³-hybridized carbons (Fsp3) is 0.692. The number of anilines is 2. The molecule has 1 aromatic heterocycles. The van der Waals surface area contributed by atoms with Crippen LogP contribution in [0.4, 0.5) is 11.6 Å². The summed E-state index contributed by atoms with van der Waals surface area (Å²) in [5.74, 6) is 2.41. The maximum absolute atomic E-state index is 4.49. The Morgan fingerprint density at radius 2 is 1.89 bits per heavy atom. The third-order valence-corrected chi connectivity index (χ3v) is 3.67. The lowest BCUT2D eigenvalue weighted by molar-refractivity contribution is 0.493. The van der Waals surface area contributed by atoms with Crippen molar-refractivity contribution in [2.24, 2.45) is 5.92 Å². The van der Waals surface area contributed by atoms with Crippen LogP contribution in [0, 0.1) is 5.92 Å². The fourth-order valence-electron chi connectivity index (χ4n) is 1.59. The van der Waals surface area contributed by atoms with Crippen LogP contribution in [0.2, 0.25) is 0 Å². The highest BCUT2D eigenvalue weighted by Gasteiger charge is 2.11. The Kier molecular flexibility index (Phi) is 6.25. The molecule has 0 aliphatic heterocycles. The first-order chi connectivity index (χ1) is 8.60. The molecule has 0 saturated heterocycles. The van der Waals surface area contributed by atoms with Crippen LogP contribution in [0.1, 0.15) is 34.1 Å². The zero-order chi connectivity index (χ0) is 13.5. The Morgan fingerprint density at radius 1 is 1.22 bits per heavy atom. The topological polar surface area (TPSA) is 49.8 Å². The molecular formula is C13H24N4S. The minimum atomic E-state index is 0.411. The number of hydrogen-bond acceptors (Lipinski definition) is 5. The van der Waals surface area contributed by atoms with Gasteiger partial charge in [0.25, 0.3) is 0 Å². The first kappa shape index (κ1) is 15.1. The molecule has 4 nitrogen and oxygen atoms in total. The lowest BCUT2D eigenvalue weighted by atomic mass is 10.0. The van der Waals surface area contributed by atoms with Crippen molar-refractivity contribution < 1.29 is 0 Å².